The van der Waals surface area contributed by atoms with Gasteiger partial charge in [-0.2, -0.15) is 0 Å². The number of unbranched alkanes of at least 4 members (excludes halogenated alkanes) is 32. The molecule has 1 heterocycles. The Morgan fingerprint density at radius 1 is 0.516 bits per heavy atom. The number of rotatable bonds is 46. The van der Waals surface area contributed by atoms with Crippen LogP contribution in [-0.4, -0.2) is 87.5 Å². The van der Waals surface area contributed by atoms with E-state index in [1.165, 1.54) is 173 Å². The molecular formula is C55H103NO8. The lowest BCUT2D eigenvalue weighted by Gasteiger charge is -2.40. The Bertz CT molecular complexity index is 1100. The van der Waals surface area contributed by atoms with Gasteiger partial charge in [0, 0.05) is 6.42 Å². The summed E-state index contributed by atoms with van der Waals surface area (Å²) in [4.78, 5) is 13.0. The van der Waals surface area contributed by atoms with Gasteiger partial charge in [0.25, 0.3) is 0 Å². The molecule has 7 atom stereocenters. The Hall–Kier alpha value is -1.59. The fraction of sp³-hybridized carbons (Fsp3) is 0.873. The highest BCUT2D eigenvalue weighted by Gasteiger charge is 2.44. The highest BCUT2D eigenvalue weighted by atomic mass is 16.7. The van der Waals surface area contributed by atoms with Crippen LogP contribution in [0, 0.1) is 0 Å². The van der Waals surface area contributed by atoms with Crippen molar-refractivity contribution in [2.75, 3.05) is 13.2 Å². The van der Waals surface area contributed by atoms with E-state index in [1.54, 1.807) is 6.08 Å². The number of hydrogen-bond acceptors (Lipinski definition) is 8. The van der Waals surface area contributed by atoms with Crippen LogP contribution in [0.2, 0.25) is 0 Å². The molecule has 1 rings (SSSR count). The van der Waals surface area contributed by atoms with E-state index in [9.17, 15) is 30.3 Å². The number of allylic oxidation sites excluding steroid dienone is 5. The average Bonchev–Trinajstić information content (AvgIpc) is 3.29. The van der Waals surface area contributed by atoms with Gasteiger partial charge in [-0.05, 0) is 38.5 Å². The lowest BCUT2D eigenvalue weighted by Crippen LogP contribution is -2.60. The Kier molecular flexibility index (Phi) is 42.7. The summed E-state index contributed by atoms with van der Waals surface area (Å²) in [6.07, 6.45) is 51.0. The van der Waals surface area contributed by atoms with Crippen molar-refractivity contribution < 1.29 is 39.8 Å². The molecule has 0 aromatic rings. The molecular weight excluding hydrogens is 803 g/mol. The standard InChI is InChI=1S/C55H103NO8/c1-3-5-7-9-11-13-15-16-17-18-19-20-21-22-23-24-25-26-27-28-29-30-31-32-33-35-37-39-41-43-45-51(59)56-48(47-63-55-54(62)53(61)52(60)50(46-57)64-55)49(58)44-42-40-38-36-34-14-12-10-8-6-4-2/h8,10,34,36,42,44,48-50,52-55,57-58,60-62H,3-7,9,11-33,35,37-41,43,45-47H2,1-2H3,(H,56,59)/b10-8+,36-34+,44-42+. The normalized spacial score (nSPS) is 20.3. The van der Waals surface area contributed by atoms with Crippen LogP contribution in [0.15, 0.2) is 36.5 Å². The summed E-state index contributed by atoms with van der Waals surface area (Å²) < 4.78 is 11.2. The third kappa shape index (κ3) is 34.7. The van der Waals surface area contributed by atoms with Crippen LogP contribution in [0.5, 0.6) is 0 Å². The van der Waals surface area contributed by atoms with E-state index in [0.29, 0.717) is 6.42 Å². The van der Waals surface area contributed by atoms with Crippen molar-refractivity contribution in [2.24, 2.45) is 0 Å². The molecule has 9 nitrogen and oxygen atoms in total. The molecule has 7 unspecified atom stereocenters. The molecule has 1 amide bonds. The Morgan fingerprint density at radius 2 is 0.891 bits per heavy atom. The van der Waals surface area contributed by atoms with Crippen molar-refractivity contribution in [3.8, 4) is 0 Å². The van der Waals surface area contributed by atoms with Crippen LogP contribution in [-0.2, 0) is 14.3 Å². The van der Waals surface area contributed by atoms with Crippen LogP contribution < -0.4 is 5.32 Å². The van der Waals surface area contributed by atoms with E-state index in [2.05, 4.69) is 43.5 Å². The van der Waals surface area contributed by atoms with E-state index in [-0.39, 0.29) is 12.5 Å². The minimum Gasteiger partial charge on any atom is -0.394 e. The van der Waals surface area contributed by atoms with Crippen molar-refractivity contribution in [1.29, 1.82) is 0 Å². The van der Waals surface area contributed by atoms with Crippen LogP contribution in [0.25, 0.3) is 0 Å². The van der Waals surface area contributed by atoms with E-state index in [1.807, 2.05) is 6.08 Å². The molecule has 1 saturated heterocycles. The summed E-state index contributed by atoms with van der Waals surface area (Å²) in [7, 11) is 0. The Morgan fingerprint density at radius 3 is 1.28 bits per heavy atom. The van der Waals surface area contributed by atoms with Gasteiger partial charge in [0.15, 0.2) is 6.29 Å². The van der Waals surface area contributed by atoms with Gasteiger partial charge in [-0.15, -0.1) is 0 Å². The maximum absolute atomic E-state index is 13.0. The second-order valence-corrected chi connectivity index (χ2v) is 19.0. The number of ether oxygens (including phenoxy) is 2. The molecule has 1 fully saturated rings. The minimum absolute atomic E-state index is 0.189. The van der Waals surface area contributed by atoms with Gasteiger partial charge in [0.2, 0.25) is 5.91 Å². The third-order valence-electron chi connectivity index (χ3n) is 12.9. The maximum atomic E-state index is 13.0. The zero-order valence-corrected chi connectivity index (χ0v) is 41.5. The number of carbonyl (C=O) groups is 1. The van der Waals surface area contributed by atoms with Crippen LogP contribution >= 0.6 is 0 Å². The second kappa shape index (κ2) is 45.2. The number of aliphatic hydroxyl groups excluding tert-OH is 5. The Balaban J connectivity index is 2.12. The lowest BCUT2D eigenvalue weighted by atomic mass is 9.99. The molecule has 1 aliphatic heterocycles. The van der Waals surface area contributed by atoms with E-state index < -0.39 is 49.5 Å². The predicted molar refractivity (Wildman–Crippen MR) is 267 cm³/mol. The highest BCUT2D eigenvalue weighted by molar-refractivity contribution is 5.76. The summed E-state index contributed by atoms with van der Waals surface area (Å²) in [5.74, 6) is -0.189. The number of carbonyl (C=O) groups excluding carboxylic acids is 1. The molecule has 0 aromatic carbocycles. The van der Waals surface area contributed by atoms with Gasteiger partial charge in [-0.3, -0.25) is 4.79 Å². The Labute approximate surface area is 393 Å². The summed E-state index contributed by atoms with van der Waals surface area (Å²) in [6.45, 7) is 3.69. The molecule has 0 saturated carbocycles. The van der Waals surface area contributed by atoms with Crippen molar-refractivity contribution in [3.05, 3.63) is 36.5 Å². The molecule has 6 N–H and O–H groups in total. The highest BCUT2D eigenvalue weighted by Crippen LogP contribution is 2.23. The zero-order valence-electron chi connectivity index (χ0n) is 41.5. The smallest absolute Gasteiger partial charge is 0.220 e. The quantitative estimate of drug-likeness (QED) is 0.0261. The first kappa shape index (κ1) is 60.4. The van der Waals surface area contributed by atoms with Crippen LogP contribution in [0.4, 0.5) is 0 Å². The molecule has 1 aliphatic rings. The predicted octanol–water partition coefficient (Wildman–Crippen LogP) is 12.8. The average molecular weight is 906 g/mol. The minimum atomic E-state index is -1.57. The summed E-state index contributed by atoms with van der Waals surface area (Å²) in [5, 5.41) is 54.2. The summed E-state index contributed by atoms with van der Waals surface area (Å²) in [6, 6.07) is -0.824. The topological polar surface area (TPSA) is 149 Å². The summed E-state index contributed by atoms with van der Waals surface area (Å²) >= 11 is 0. The zero-order chi connectivity index (χ0) is 46.6. The molecule has 376 valence electrons. The number of aliphatic hydroxyl groups is 5. The van der Waals surface area contributed by atoms with Crippen LogP contribution in [0.3, 0.4) is 0 Å². The number of amides is 1. The first-order valence-electron chi connectivity index (χ1n) is 27.2. The molecule has 0 aromatic heterocycles. The van der Waals surface area contributed by atoms with Crippen molar-refractivity contribution in [3.63, 3.8) is 0 Å². The van der Waals surface area contributed by atoms with Gasteiger partial charge in [-0.25, -0.2) is 0 Å². The van der Waals surface area contributed by atoms with Gasteiger partial charge in [-0.1, -0.05) is 243 Å². The monoisotopic (exact) mass is 906 g/mol. The first-order valence-corrected chi connectivity index (χ1v) is 27.2. The van der Waals surface area contributed by atoms with Crippen LogP contribution in [0.1, 0.15) is 251 Å². The number of hydrogen-bond donors (Lipinski definition) is 6. The molecule has 0 aliphatic carbocycles. The lowest BCUT2D eigenvalue weighted by molar-refractivity contribution is -0.302. The molecule has 0 radical (unpaired) electrons. The SMILES string of the molecule is CCC/C=C/CC/C=C/CC/C=C/C(O)C(COC1OC(CO)C(O)C(O)C1O)NC(=O)CCCCCCCCCCCCCCCCCCCCCCCCCCCCCCCC. The van der Waals surface area contributed by atoms with E-state index in [0.717, 1.165) is 57.8 Å². The van der Waals surface area contributed by atoms with Gasteiger partial charge >= 0.3 is 0 Å². The van der Waals surface area contributed by atoms with Crippen molar-refractivity contribution >= 4 is 5.91 Å². The molecule has 0 spiro atoms. The van der Waals surface area contributed by atoms with E-state index >= 15 is 0 Å². The van der Waals surface area contributed by atoms with Crippen molar-refractivity contribution in [1.82, 2.24) is 5.32 Å². The van der Waals surface area contributed by atoms with Crippen molar-refractivity contribution in [2.45, 2.75) is 294 Å². The second-order valence-electron chi connectivity index (χ2n) is 19.0. The fourth-order valence-corrected chi connectivity index (χ4v) is 8.61. The first-order chi connectivity index (χ1) is 31.3. The van der Waals surface area contributed by atoms with Gasteiger partial charge in [0.05, 0.1) is 25.4 Å². The van der Waals surface area contributed by atoms with E-state index in [4.69, 9.17) is 9.47 Å². The fourth-order valence-electron chi connectivity index (χ4n) is 8.61. The molecule has 0 bridgehead atoms. The third-order valence-corrected chi connectivity index (χ3v) is 12.9. The number of nitrogens with one attached hydrogen (secondary N) is 1. The summed E-state index contributed by atoms with van der Waals surface area (Å²) in [5.41, 5.74) is 0. The molecule has 64 heavy (non-hydrogen) atoms. The maximum Gasteiger partial charge on any atom is 0.220 e. The molecule has 9 heteroatoms. The van der Waals surface area contributed by atoms with Gasteiger partial charge < -0.3 is 40.3 Å². The largest absolute Gasteiger partial charge is 0.394 e. The van der Waals surface area contributed by atoms with Gasteiger partial charge in [0.1, 0.15) is 24.4 Å².